The van der Waals surface area contributed by atoms with Crippen LogP contribution in [-0.2, 0) is 19.1 Å². The minimum absolute atomic E-state index is 0.0521. The first-order valence-corrected chi connectivity index (χ1v) is 8.24. The maximum atomic E-state index is 12.1. The molecule has 2 heterocycles. The molecule has 0 spiro atoms. The molecule has 1 aliphatic heterocycles. The van der Waals surface area contributed by atoms with Gasteiger partial charge in [-0.1, -0.05) is 18.0 Å². The van der Waals surface area contributed by atoms with Crippen molar-refractivity contribution >= 4 is 35.1 Å². The number of nitrogens with one attached hydrogen (secondary N) is 1. The average Bonchev–Trinajstić information content (AvgIpc) is 2.74. The molecule has 0 saturated carbocycles. The third-order valence-electron chi connectivity index (χ3n) is 3.69. The predicted molar refractivity (Wildman–Crippen MR) is 88.5 cm³/mol. The average molecular weight is 354 g/mol. The third-order valence-corrected chi connectivity index (χ3v) is 3.99. The van der Waals surface area contributed by atoms with Crippen molar-refractivity contribution in [2.24, 2.45) is 0 Å². The molecule has 0 bridgehead atoms. The molecule has 0 radical (unpaired) electrons. The van der Waals surface area contributed by atoms with Crippen molar-refractivity contribution in [3.8, 4) is 0 Å². The summed E-state index contributed by atoms with van der Waals surface area (Å²) in [6, 6.07) is 3.22. The van der Waals surface area contributed by atoms with E-state index in [0.29, 0.717) is 18.7 Å². The fourth-order valence-electron chi connectivity index (χ4n) is 2.36. The molecule has 1 atom stereocenters. The van der Waals surface area contributed by atoms with E-state index in [1.165, 1.54) is 18.0 Å². The lowest BCUT2D eigenvalue weighted by Gasteiger charge is -2.20. The van der Waals surface area contributed by atoms with Gasteiger partial charge >= 0.3 is 5.97 Å². The van der Waals surface area contributed by atoms with Crippen molar-refractivity contribution in [1.82, 2.24) is 9.88 Å². The lowest BCUT2D eigenvalue weighted by molar-refractivity contribution is -0.156. The Morgan fingerprint density at radius 1 is 1.42 bits per heavy atom. The zero-order chi connectivity index (χ0) is 17.5. The number of anilines is 1. The number of hydrogen-bond acceptors (Lipinski definition) is 5. The standard InChI is InChI=1S/C16H20ClN3O4/c1-11(16(23)19-12-6-5-8-18-15(12)17)24-14(22)10-20-9-4-2-3-7-13(20)21/h5-6,8,11H,2-4,7,9-10H2,1H3,(H,19,23). The highest BCUT2D eigenvalue weighted by molar-refractivity contribution is 6.32. The number of hydrogen-bond donors (Lipinski definition) is 1. The van der Waals surface area contributed by atoms with Crippen molar-refractivity contribution in [1.29, 1.82) is 0 Å². The molecule has 1 N–H and O–H groups in total. The highest BCUT2D eigenvalue weighted by atomic mass is 35.5. The Hall–Kier alpha value is -2.15. The lowest BCUT2D eigenvalue weighted by Crippen LogP contribution is -2.38. The number of rotatable bonds is 5. The first kappa shape index (κ1) is 18.2. The predicted octanol–water partition coefficient (Wildman–Crippen LogP) is 2.01. The van der Waals surface area contributed by atoms with Crippen LogP contribution < -0.4 is 5.32 Å². The SMILES string of the molecule is CC(OC(=O)CN1CCCCCC1=O)C(=O)Nc1cccnc1Cl. The molecule has 0 aromatic carbocycles. The zero-order valence-corrected chi connectivity index (χ0v) is 14.2. The maximum absolute atomic E-state index is 12.1. The second-order valence-electron chi connectivity index (χ2n) is 5.59. The van der Waals surface area contributed by atoms with Gasteiger partial charge in [0, 0.05) is 19.2 Å². The zero-order valence-electron chi connectivity index (χ0n) is 13.5. The van der Waals surface area contributed by atoms with Gasteiger partial charge in [-0.15, -0.1) is 0 Å². The molecule has 2 amide bonds. The molecule has 7 nitrogen and oxygen atoms in total. The van der Waals surface area contributed by atoms with Gasteiger partial charge in [0.05, 0.1) is 5.69 Å². The highest BCUT2D eigenvalue weighted by Gasteiger charge is 2.23. The van der Waals surface area contributed by atoms with E-state index in [0.717, 1.165) is 19.3 Å². The van der Waals surface area contributed by atoms with Gasteiger partial charge in [0.25, 0.3) is 5.91 Å². The van der Waals surface area contributed by atoms with E-state index in [2.05, 4.69) is 10.3 Å². The van der Waals surface area contributed by atoms with E-state index in [9.17, 15) is 14.4 Å². The molecule has 1 saturated heterocycles. The molecule has 130 valence electrons. The molecular formula is C16H20ClN3O4. The van der Waals surface area contributed by atoms with Crippen LogP contribution in [0, 0.1) is 0 Å². The molecular weight excluding hydrogens is 334 g/mol. The van der Waals surface area contributed by atoms with Gasteiger partial charge in [0.2, 0.25) is 5.91 Å². The molecule has 2 rings (SSSR count). The minimum Gasteiger partial charge on any atom is -0.451 e. The minimum atomic E-state index is -1.00. The topological polar surface area (TPSA) is 88.6 Å². The molecule has 1 fully saturated rings. The number of likely N-dealkylation sites (tertiary alicyclic amines) is 1. The lowest BCUT2D eigenvalue weighted by atomic mass is 10.2. The van der Waals surface area contributed by atoms with E-state index >= 15 is 0 Å². The summed E-state index contributed by atoms with van der Waals surface area (Å²) in [4.78, 5) is 41.2. The molecule has 1 aliphatic rings. The quantitative estimate of drug-likeness (QED) is 0.646. The molecule has 1 aromatic rings. The number of ether oxygens (including phenoxy) is 1. The van der Waals surface area contributed by atoms with Crippen LogP contribution in [0.1, 0.15) is 32.6 Å². The summed E-state index contributed by atoms with van der Waals surface area (Å²) in [5, 5.41) is 2.70. The third kappa shape index (κ3) is 5.19. The summed E-state index contributed by atoms with van der Waals surface area (Å²) in [7, 11) is 0. The Labute approximate surface area is 145 Å². The maximum Gasteiger partial charge on any atom is 0.326 e. The van der Waals surface area contributed by atoms with Crippen LogP contribution in [0.5, 0.6) is 0 Å². The van der Waals surface area contributed by atoms with Crippen molar-refractivity contribution in [2.75, 3.05) is 18.4 Å². The highest BCUT2D eigenvalue weighted by Crippen LogP contribution is 2.18. The van der Waals surface area contributed by atoms with Gasteiger partial charge in [-0.2, -0.15) is 0 Å². The van der Waals surface area contributed by atoms with Gasteiger partial charge < -0.3 is 15.0 Å². The summed E-state index contributed by atoms with van der Waals surface area (Å²) < 4.78 is 5.11. The number of pyridine rings is 1. The van der Waals surface area contributed by atoms with E-state index in [4.69, 9.17) is 16.3 Å². The van der Waals surface area contributed by atoms with Gasteiger partial charge in [-0.05, 0) is 31.9 Å². The van der Waals surface area contributed by atoms with E-state index in [-0.39, 0.29) is 17.6 Å². The fourth-order valence-corrected chi connectivity index (χ4v) is 2.53. The largest absolute Gasteiger partial charge is 0.451 e. The van der Waals surface area contributed by atoms with Crippen LogP contribution in [0.3, 0.4) is 0 Å². The Morgan fingerprint density at radius 2 is 2.21 bits per heavy atom. The first-order chi connectivity index (χ1) is 11.5. The Bertz CT molecular complexity index is 623. The van der Waals surface area contributed by atoms with Crippen LogP contribution in [-0.4, -0.2) is 46.9 Å². The van der Waals surface area contributed by atoms with Crippen molar-refractivity contribution in [3.05, 3.63) is 23.5 Å². The number of nitrogens with zero attached hydrogens (tertiary/aromatic N) is 2. The van der Waals surface area contributed by atoms with Gasteiger partial charge in [0.1, 0.15) is 6.54 Å². The fraction of sp³-hybridized carbons (Fsp3) is 0.500. The van der Waals surface area contributed by atoms with Crippen LogP contribution >= 0.6 is 11.6 Å². The van der Waals surface area contributed by atoms with Crippen LogP contribution in [0.25, 0.3) is 0 Å². The van der Waals surface area contributed by atoms with E-state index in [1.807, 2.05) is 0 Å². The summed E-state index contributed by atoms with van der Waals surface area (Å²) >= 11 is 5.86. The Morgan fingerprint density at radius 3 is 2.96 bits per heavy atom. The monoisotopic (exact) mass is 353 g/mol. The number of halogens is 1. The van der Waals surface area contributed by atoms with Gasteiger partial charge in [-0.25, -0.2) is 4.98 Å². The van der Waals surface area contributed by atoms with Crippen LogP contribution in [0.15, 0.2) is 18.3 Å². The first-order valence-electron chi connectivity index (χ1n) is 7.86. The smallest absolute Gasteiger partial charge is 0.326 e. The van der Waals surface area contributed by atoms with Crippen molar-refractivity contribution in [3.63, 3.8) is 0 Å². The number of carbonyl (C=O) groups is 3. The number of amides is 2. The second-order valence-corrected chi connectivity index (χ2v) is 5.95. The summed E-state index contributed by atoms with van der Waals surface area (Å²) in [6.07, 6.45) is 3.63. The molecule has 0 aliphatic carbocycles. The van der Waals surface area contributed by atoms with Gasteiger partial charge in [0.15, 0.2) is 11.3 Å². The van der Waals surface area contributed by atoms with Crippen LogP contribution in [0.4, 0.5) is 5.69 Å². The number of aromatic nitrogens is 1. The number of carbonyl (C=O) groups excluding carboxylic acids is 3. The molecule has 24 heavy (non-hydrogen) atoms. The molecule has 1 aromatic heterocycles. The normalized spacial score (nSPS) is 16.2. The van der Waals surface area contributed by atoms with E-state index in [1.54, 1.807) is 12.1 Å². The second kappa shape index (κ2) is 8.63. The van der Waals surface area contributed by atoms with Crippen molar-refractivity contribution < 1.29 is 19.1 Å². The molecule has 1 unspecified atom stereocenters. The summed E-state index contributed by atoms with van der Waals surface area (Å²) in [5.74, 6) is -1.17. The molecule has 8 heteroatoms. The van der Waals surface area contributed by atoms with Crippen LogP contribution in [0.2, 0.25) is 5.15 Å². The Kier molecular flexibility index (Phi) is 6.54. The summed E-state index contributed by atoms with van der Waals surface area (Å²) in [6.45, 7) is 1.87. The van der Waals surface area contributed by atoms with E-state index < -0.39 is 18.0 Å². The van der Waals surface area contributed by atoms with Crippen molar-refractivity contribution in [2.45, 2.75) is 38.7 Å². The number of esters is 1. The summed E-state index contributed by atoms with van der Waals surface area (Å²) in [5.41, 5.74) is 0.342. The Balaban J connectivity index is 1.85. The van der Waals surface area contributed by atoms with Gasteiger partial charge in [-0.3, -0.25) is 14.4 Å².